The molecule has 2 rings (SSSR count). The second-order valence-corrected chi connectivity index (χ2v) is 5.00. The van der Waals surface area contributed by atoms with Gasteiger partial charge < -0.3 is 11.1 Å². The minimum atomic E-state index is -0.257. The number of nitrogens with two attached hydrogens (primary N) is 1. The van der Waals surface area contributed by atoms with E-state index >= 15 is 0 Å². The van der Waals surface area contributed by atoms with Crippen LogP contribution in [0.2, 0.25) is 0 Å². The topological polar surface area (TPSA) is 58.4 Å². The van der Waals surface area contributed by atoms with Crippen molar-refractivity contribution in [3.63, 3.8) is 0 Å². The van der Waals surface area contributed by atoms with E-state index in [-0.39, 0.29) is 11.9 Å². The van der Waals surface area contributed by atoms with Gasteiger partial charge in [-0.3, -0.25) is 9.69 Å². The molecular formula is C11H21N3O. The van der Waals surface area contributed by atoms with E-state index < -0.39 is 0 Å². The molecule has 15 heavy (non-hydrogen) atoms. The lowest BCUT2D eigenvalue weighted by molar-refractivity contribution is -0.119. The Kier molecular flexibility index (Phi) is 2.98. The van der Waals surface area contributed by atoms with Crippen molar-refractivity contribution in [3.8, 4) is 0 Å². The van der Waals surface area contributed by atoms with E-state index in [1.807, 2.05) is 6.92 Å². The van der Waals surface area contributed by atoms with Crippen LogP contribution >= 0.6 is 0 Å². The number of amides is 1. The number of rotatable bonds is 4. The predicted molar refractivity (Wildman–Crippen MR) is 59.4 cm³/mol. The van der Waals surface area contributed by atoms with Gasteiger partial charge in [-0.1, -0.05) is 0 Å². The first-order chi connectivity index (χ1) is 7.08. The lowest BCUT2D eigenvalue weighted by Gasteiger charge is -2.20. The standard InChI is InChI=1S/C11H21N3O/c1-7-5-9(13-8(2)11(12)15)6-14(7)10-3-4-10/h7-10,13H,3-6H2,1-2H3,(H2,12,15)/t7?,8-,9?/m0/s1. The van der Waals surface area contributed by atoms with Crippen LogP contribution < -0.4 is 11.1 Å². The van der Waals surface area contributed by atoms with Crippen molar-refractivity contribution >= 4 is 5.91 Å². The zero-order valence-corrected chi connectivity index (χ0v) is 9.57. The maximum absolute atomic E-state index is 10.9. The molecule has 86 valence electrons. The fourth-order valence-electron chi connectivity index (χ4n) is 2.53. The molecule has 0 aromatic carbocycles. The molecule has 0 aromatic rings. The second kappa shape index (κ2) is 4.10. The van der Waals surface area contributed by atoms with Gasteiger partial charge in [0.25, 0.3) is 0 Å². The largest absolute Gasteiger partial charge is 0.368 e. The van der Waals surface area contributed by atoms with Gasteiger partial charge in [0, 0.05) is 24.7 Å². The summed E-state index contributed by atoms with van der Waals surface area (Å²) in [6.07, 6.45) is 3.83. The third-order valence-electron chi connectivity index (χ3n) is 3.55. The van der Waals surface area contributed by atoms with Crippen molar-refractivity contribution in [1.82, 2.24) is 10.2 Å². The van der Waals surface area contributed by atoms with Crippen LogP contribution in [0.4, 0.5) is 0 Å². The summed E-state index contributed by atoms with van der Waals surface area (Å²) in [4.78, 5) is 13.5. The van der Waals surface area contributed by atoms with Gasteiger partial charge in [-0.15, -0.1) is 0 Å². The number of nitrogens with zero attached hydrogens (tertiary/aromatic N) is 1. The number of nitrogens with one attached hydrogen (secondary N) is 1. The maximum Gasteiger partial charge on any atom is 0.234 e. The lowest BCUT2D eigenvalue weighted by atomic mass is 10.1. The lowest BCUT2D eigenvalue weighted by Crippen LogP contribution is -2.45. The summed E-state index contributed by atoms with van der Waals surface area (Å²) in [5.41, 5.74) is 5.24. The van der Waals surface area contributed by atoms with Crippen molar-refractivity contribution < 1.29 is 4.79 Å². The average molecular weight is 211 g/mol. The third kappa shape index (κ3) is 2.49. The predicted octanol–water partition coefficient (Wildman–Crippen LogP) is 0.0750. The van der Waals surface area contributed by atoms with Gasteiger partial charge in [0.2, 0.25) is 5.91 Å². The number of carbonyl (C=O) groups is 1. The van der Waals surface area contributed by atoms with E-state index in [1.165, 1.54) is 12.8 Å². The monoisotopic (exact) mass is 211 g/mol. The van der Waals surface area contributed by atoms with Crippen LogP contribution in [-0.4, -0.2) is 41.5 Å². The molecule has 0 spiro atoms. The minimum Gasteiger partial charge on any atom is -0.368 e. The number of carbonyl (C=O) groups excluding carboxylic acids is 1. The molecule has 3 atom stereocenters. The number of hydrogen-bond donors (Lipinski definition) is 2. The van der Waals surface area contributed by atoms with Gasteiger partial charge in [0.15, 0.2) is 0 Å². The van der Waals surface area contributed by atoms with E-state index in [0.29, 0.717) is 12.1 Å². The van der Waals surface area contributed by atoms with Crippen molar-refractivity contribution in [2.24, 2.45) is 5.73 Å². The highest BCUT2D eigenvalue weighted by atomic mass is 16.1. The zero-order valence-electron chi connectivity index (χ0n) is 9.57. The van der Waals surface area contributed by atoms with E-state index in [0.717, 1.165) is 19.0 Å². The average Bonchev–Trinajstić information content (AvgIpc) is 2.92. The normalized spacial score (nSPS) is 34.3. The molecule has 3 N–H and O–H groups in total. The molecule has 4 nitrogen and oxygen atoms in total. The van der Waals surface area contributed by atoms with Crippen LogP contribution in [-0.2, 0) is 4.79 Å². The second-order valence-electron chi connectivity index (χ2n) is 5.00. The first-order valence-corrected chi connectivity index (χ1v) is 5.89. The summed E-state index contributed by atoms with van der Waals surface area (Å²) in [5, 5.41) is 3.31. The zero-order chi connectivity index (χ0) is 11.0. The van der Waals surface area contributed by atoms with E-state index in [2.05, 4.69) is 17.1 Å². The molecule has 0 bridgehead atoms. The Morgan fingerprint density at radius 3 is 2.73 bits per heavy atom. The van der Waals surface area contributed by atoms with Crippen LogP contribution in [0, 0.1) is 0 Å². The Morgan fingerprint density at radius 1 is 1.53 bits per heavy atom. The molecule has 2 unspecified atom stereocenters. The molecule has 2 fully saturated rings. The maximum atomic E-state index is 10.9. The molecule has 1 saturated carbocycles. The highest BCUT2D eigenvalue weighted by Crippen LogP contribution is 2.33. The summed E-state index contributed by atoms with van der Waals surface area (Å²) in [5.74, 6) is -0.257. The summed E-state index contributed by atoms with van der Waals surface area (Å²) in [7, 11) is 0. The molecule has 1 aliphatic carbocycles. The molecule has 4 heteroatoms. The van der Waals surface area contributed by atoms with Crippen LogP contribution in [0.25, 0.3) is 0 Å². The molecule has 0 radical (unpaired) electrons. The summed E-state index contributed by atoms with van der Waals surface area (Å²) < 4.78 is 0. The molecule has 2 aliphatic rings. The first-order valence-electron chi connectivity index (χ1n) is 5.89. The van der Waals surface area contributed by atoms with Crippen molar-refractivity contribution in [1.29, 1.82) is 0 Å². The molecule has 1 amide bonds. The van der Waals surface area contributed by atoms with E-state index in [1.54, 1.807) is 0 Å². The smallest absolute Gasteiger partial charge is 0.234 e. The van der Waals surface area contributed by atoms with Gasteiger partial charge in [-0.25, -0.2) is 0 Å². The Morgan fingerprint density at radius 2 is 2.20 bits per heavy atom. The minimum absolute atomic E-state index is 0.207. The molecule has 0 aromatic heterocycles. The Bertz CT molecular complexity index is 252. The first kappa shape index (κ1) is 10.9. The van der Waals surface area contributed by atoms with E-state index in [9.17, 15) is 4.79 Å². The van der Waals surface area contributed by atoms with Crippen LogP contribution in [0.15, 0.2) is 0 Å². The summed E-state index contributed by atoms with van der Waals surface area (Å²) in [6.45, 7) is 5.19. The number of hydrogen-bond acceptors (Lipinski definition) is 3. The molecule has 1 heterocycles. The van der Waals surface area contributed by atoms with Gasteiger partial charge in [0.1, 0.15) is 0 Å². The van der Waals surface area contributed by atoms with Gasteiger partial charge in [0.05, 0.1) is 6.04 Å². The van der Waals surface area contributed by atoms with Crippen molar-refractivity contribution in [2.75, 3.05) is 6.54 Å². The molecule has 1 saturated heterocycles. The SMILES string of the molecule is CC1CC(N[C@@H](C)C(N)=O)CN1C1CC1. The fraction of sp³-hybridized carbons (Fsp3) is 0.909. The summed E-state index contributed by atoms with van der Waals surface area (Å²) in [6, 6.07) is 1.69. The van der Waals surface area contributed by atoms with Crippen molar-refractivity contribution in [2.45, 2.75) is 57.3 Å². The number of likely N-dealkylation sites (tertiary alicyclic amines) is 1. The van der Waals surface area contributed by atoms with Gasteiger partial charge in [-0.05, 0) is 33.1 Å². The summed E-state index contributed by atoms with van der Waals surface area (Å²) >= 11 is 0. The Hall–Kier alpha value is -0.610. The highest BCUT2D eigenvalue weighted by molar-refractivity contribution is 5.79. The molecular weight excluding hydrogens is 190 g/mol. The quantitative estimate of drug-likeness (QED) is 0.692. The molecule has 1 aliphatic heterocycles. The fourth-order valence-corrected chi connectivity index (χ4v) is 2.53. The van der Waals surface area contributed by atoms with Crippen LogP contribution in [0.1, 0.15) is 33.1 Å². The van der Waals surface area contributed by atoms with Crippen molar-refractivity contribution in [3.05, 3.63) is 0 Å². The van der Waals surface area contributed by atoms with Gasteiger partial charge in [-0.2, -0.15) is 0 Å². The van der Waals surface area contributed by atoms with Gasteiger partial charge >= 0.3 is 0 Å². The Labute approximate surface area is 91.2 Å². The Balaban J connectivity index is 1.83. The van der Waals surface area contributed by atoms with Crippen LogP contribution in [0.3, 0.4) is 0 Å². The highest BCUT2D eigenvalue weighted by Gasteiger charge is 2.39. The van der Waals surface area contributed by atoms with Crippen LogP contribution in [0.5, 0.6) is 0 Å². The van der Waals surface area contributed by atoms with E-state index in [4.69, 9.17) is 5.73 Å². The number of primary amides is 1. The third-order valence-corrected chi connectivity index (χ3v) is 3.55.